The molecule has 1 fully saturated rings. The lowest BCUT2D eigenvalue weighted by molar-refractivity contribution is -0.000350. The Balaban J connectivity index is 0.00000162. The predicted molar refractivity (Wildman–Crippen MR) is 69.3 cm³/mol. The predicted octanol–water partition coefficient (Wildman–Crippen LogP) is 0.628. The number of hydrogen-bond donors (Lipinski definition) is 1. The van der Waals surface area contributed by atoms with Gasteiger partial charge in [-0.3, -0.25) is 0 Å². The first kappa shape index (κ1) is 14.8. The Kier molecular flexibility index (Phi) is 6.49. The van der Waals surface area contributed by atoms with Crippen LogP contribution in [0.2, 0.25) is 0 Å². The van der Waals surface area contributed by atoms with Crippen LogP contribution in [0.1, 0.15) is 6.92 Å². The summed E-state index contributed by atoms with van der Waals surface area (Å²) in [6.07, 6.45) is 0.124. The summed E-state index contributed by atoms with van der Waals surface area (Å²) < 4.78 is 16.8. The van der Waals surface area contributed by atoms with E-state index in [0.29, 0.717) is 13.2 Å². The number of benzene rings is 1. The molecule has 0 amide bonds. The average molecular weight is 255 g/mol. The Morgan fingerprint density at radius 3 is 2.61 bits per heavy atom. The van der Waals surface area contributed by atoms with Crippen LogP contribution in [-0.4, -0.2) is 44.5 Å². The molecule has 5 nitrogen and oxygen atoms in total. The van der Waals surface area contributed by atoms with Gasteiger partial charge in [-0.1, -0.05) is 12.1 Å². The molecule has 18 heavy (non-hydrogen) atoms. The second-order valence-electron chi connectivity index (χ2n) is 3.89. The van der Waals surface area contributed by atoms with Crippen molar-refractivity contribution in [1.29, 1.82) is 0 Å². The molecule has 1 saturated heterocycles. The zero-order valence-electron chi connectivity index (χ0n) is 10.6. The molecule has 0 aliphatic carbocycles. The number of morpholine rings is 1. The molecule has 0 radical (unpaired) electrons. The molecule has 5 heteroatoms. The van der Waals surface area contributed by atoms with E-state index < -0.39 is 0 Å². The molecular formula is C13H21NO4. The fraction of sp³-hybridized carbons (Fsp3) is 0.538. The van der Waals surface area contributed by atoms with Gasteiger partial charge in [0.15, 0.2) is 11.5 Å². The molecule has 0 aromatic heterocycles. The van der Waals surface area contributed by atoms with Crippen molar-refractivity contribution in [3.05, 3.63) is 24.3 Å². The zero-order valence-corrected chi connectivity index (χ0v) is 10.6. The number of ether oxygens (including phenoxy) is 3. The molecular weight excluding hydrogens is 234 g/mol. The fourth-order valence-electron chi connectivity index (χ4n) is 1.75. The number of hydrogen-bond acceptors (Lipinski definition) is 4. The molecule has 1 aromatic carbocycles. The highest BCUT2D eigenvalue weighted by Crippen LogP contribution is 2.26. The summed E-state index contributed by atoms with van der Waals surface area (Å²) in [4.78, 5) is 0. The minimum atomic E-state index is 0. The Labute approximate surface area is 107 Å². The van der Waals surface area contributed by atoms with Crippen LogP contribution in [0.25, 0.3) is 0 Å². The lowest BCUT2D eigenvalue weighted by atomic mass is 10.3. The van der Waals surface area contributed by atoms with E-state index in [4.69, 9.17) is 14.2 Å². The third-order valence-electron chi connectivity index (χ3n) is 2.58. The maximum atomic E-state index is 5.74. The van der Waals surface area contributed by atoms with Crippen molar-refractivity contribution < 1.29 is 19.7 Å². The lowest BCUT2D eigenvalue weighted by Crippen LogP contribution is -2.41. The quantitative estimate of drug-likeness (QED) is 0.837. The fourth-order valence-corrected chi connectivity index (χ4v) is 1.75. The maximum absolute atomic E-state index is 5.74. The summed E-state index contributed by atoms with van der Waals surface area (Å²) in [5, 5.41) is 3.27. The molecule has 1 aliphatic heterocycles. The summed E-state index contributed by atoms with van der Waals surface area (Å²) in [6, 6.07) is 7.72. The monoisotopic (exact) mass is 255 g/mol. The van der Waals surface area contributed by atoms with Crippen molar-refractivity contribution >= 4 is 0 Å². The van der Waals surface area contributed by atoms with E-state index in [0.717, 1.165) is 31.2 Å². The van der Waals surface area contributed by atoms with Gasteiger partial charge < -0.3 is 25.0 Å². The largest absolute Gasteiger partial charge is 0.490 e. The van der Waals surface area contributed by atoms with Gasteiger partial charge in [-0.2, -0.15) is 0 Å². The van der Waals surface area contributed by atoms with Gasteiger partial charge in [0.1, 0.15) is 12.7 Å². The van der Waals surface area contributed by atoms with Crippen LogP contribution in [0.3, 0.4) is 0 Å². The zero-order chi connectivity index (χ0) is 11.9. The Morgan fingerprint density at radius 1 is 1.28 bits per heavy atom. The van der Waals surface area contributed by atoms with Crippen LogP contribution < -0.4 is 14.8 Å². The third-order valence-corrected chi connectivity index (χ3v) is 2.58. The smallest absolute Gasteiger partial charge is 0.161 e. The van der Waals surface area contributed by atoms with Crippen LogP contribution in [0, 0.1) is 0 Å². The topological polar surface area (TPSA) is 71.2 Å². The SMILES string of the molecule is CCOc1ccccc1OCC1CNCCO1.O. The van der Waals surface area contributed by atoms with E-state index in [1.165, 1.54) is 0 Å². The van der Waals surface area contributed by atoms with Gasteiger partial charge in [-0.05, 0) is 19.1 Å². The van der Waals surface area contributed by atoms with Gasteiger partial charge in [0, 0.05) is 13.1 Å². The van der Waals surface area contributed by atoms with Crippen LogP contribution in [0.5, 0.6) is 11.5 Å². The summed E-state index contributed by atoms with van der Waals surface area (Å²) in [5.74, 6) is 1.57. The van der Waals surface area contributed by atoms with Crippen LogP contribution in [-0.2, 0) is 4.74 Å². The second-order valence-corrected chi connectivity index (χ2v) is 3.89. The Hall–Kier alpha value is -1.30. The van der Waals surface area contributed by atoms with Crippen molar-refractivity contribution in [2.45, 2.75) is 13.0 Å². The molecule has 1 heterocycles. The lowest BCUT2D eigenvalue weighted by Gasteiger charge is -2.24. The standard InChI is InChI=1S/C13H19NO3.H2O/c1-2-15-12-5-3-4-6-13(12)17-10-11-9-14-7-8-16-11;/h3-6,11,14H,2,7-10H2,1H3;1H2. The van der Waals surface area contributed by atoms with E-state index >= 15 is 0 Å². The van der Waals surface area contributed by atoms with Gasteiger partial charge in [0.2, 0.25) is 0 Å². The van der Waals surface area contributed by atoms with Crippen LogP contribution in [0.15, 0.2) is 24.3 Å². The first-order valence-electron chi connectivity index (χ1n) is 6.07. The minimum absolute atomic E-state index is 0. The molecule has 2 rings (SSSR count). The van der Waals surface area contributed by atoms with Crippen molar-refractivity contribution in [1.82, 2.24) is 5.32 Å². The first-order chi connectivity index (χ1) is 8.40. The highest BCUT2D eigenvalue weighted by Gasteiger charge is 2.14. The van der Waals surface area contributed by atoms with Crippen molar-refractivity contribution in [2.75, 3.05) is 32.9 Å². The van der Waals surface area contributed by atoms with E-state index in [1.54, 1.807) is 0 Å². The summed E-state index contributed by atoms with van der Waals surface area (Å²) in [5.41, 5.74) is 0. The van der Waals surface area contributed by atoms with Crippen LogP contribution >= 0.6 is 0 Å². The van der Waals surface area contributed by atoms with E-state index in [2.05, 4.69) is 5.32 Å². The molecule has 1 atom stereocenters. The molecule has 1 unspecified atom stereocenters. The minimum Gasteiger partial charge on any atom is -0.490 e. The average Bonchev–Trinajstić information content (AvgIpc) is 2.39. The number of rotatable bonds is 5. The van der Waals surface area contributed by atoms with E-state index in [-0.39, 0.29) is 11.6 Å². The summed E-state index contributed by atoms with van der Waals surface area (Å²) in [6.45, 7) is 5.67. The Morgan fingerprint density at radius 2 is 2.00 bits per heavy atom. The van der Waals surface area contributed by atoms with Gasteiger partial charge in [-0.25, -0.2) is 0 Å². The van der Waals surface area contributed by atoms with Crippen LogP contribution in [0.4, 0.5) is 0 Å². The van der Waals surface area contributed by atoms with Crippen molar-refractivity contribution in [3.8, 4) is 11.5 Å². The first-order valence-corrected chi connectivity index (χ1v) is 6.07. The normalized spacial score (nSPS) is 18.8. The third kappa shape index (κ3) is 4.18. The van der Waals surface area contributed by atoms with E-state index in [9.17, 15) is 0 Å². The summed E-state index contributed by atoms with van der Waals surface area (Å²) in [7, 11) is 0. The second kappa shape index (κ2) is 7.92. The molecule has 0 bridgehead atoms. The molecule has 0 saturated carbocycles. The summed E-state index contributed by atoms with van der Waals surface area (Å²) >= 11 is 0. The Bertz CT molecular complexity index is 340. The number of para-hydroxylation sites is 2. The van der Waals surface area contributed by atoms with Crippen molar-refractivity contribution in [2.24, 2.45) is 0 Å². The van der Waals surface area contributed by atoms with Gasteiger partial charge in [0.25, 0.3) is 0 Å². The van der Waals surface area contributed by atoms with E-state index in [1.807, 2.05) is 31.2 Å². The highest BCUT2D eigenvalue weighted by atomic mass is 16.5. The molecule has 1 aromatic rings. The molecule has 102 valence electrons. The maximum Gasteiger partial charge on any atom is 0.161 e. The highest BCUT2D eigenvalue weighted by molar-refractivity contribution is 5.39. The molecule has 0 spiro atoms. The van der Waals surface area contributed by atoms with Gasteiger partial charge in [-0.15, -0.1) is 0 Å². The number of nitrogens with one attached hydrogen (secondary N) is 1. The van der Waals surface area contributed by atoms with Gasteiger partial charge >= 0.3 is 0 Å². The molecule has 3 N–H and O–H groups in total. The van der Waals surface area contributed by atoms with Gasteiger partial charge in [0.05, 0.1) is 13.2 Å². The molecule has 1 aliphatic rings. The van der Waals surface area contributed by atoms with Crippen molar-refractivity contribution in [3.63, 3.8) is 0 Å².